The molecule has 19 heteroatoms. The van der Waals surface area contributed by atoms with Crippen molar-refractivity contribution in [2.75, 3.05) is 32.2 Å². The van der Waals surface area contributed by atoms with Crippen LogP contribution in [-0.4, -0.2) is 115 Å². The molecule has 1 unspecified atom stereocenters. The van der Waals surface area contributed by atoms with Crippen molar-refractivity contribution >= 4 is 61.1 Å². The first-order chi connectivity index (χ1) is 28.4. The minimum atomic E-state index is -3.94. The zero-order chi connectivity index (χ0) is 43.0. The second-order valence-electron chi connectivity index (χ2n) is 17.0. The van der Waals surface area contributed by atoms with E-state index in [2.05, 4.69) is 20.7 Å². The third-order valence-corrected chi connectivity index (χ3v) is 13.2. The number of carbonyl (C=O) groups is 4. The van der Waals surface area contributed by atoms with Gasteiger partial charge in [-0.25, -0.2) is 23.2 Å². The third-order valence-electron chi connectivity index (χ3n) is 10.6. The summed E-state index contributed by atoms with van der Waals surface area (Å²) in [7, 11) is -2.37. The van der Waals surface area contributed by atoms with E-state index in [1.807, 2.05) is 37.4 Å². The zero-order valence-corrected chi connectivity index (χ0v) is 36.2. The summed E-state index contributed by atoms with van der Waals surface area (Å²) < 4.78 is 51.5. The second kappa shape index (κ2) is 17.2. The number of fused-ring (bicyclic) bond motifs is 3. The molecule has 0 bridgehead atoms. The first-order valence-corrected chi connectivity index (χ1v) is 22.7. The number of hydrogen-bond donors (Lipinski definition) is 4. The lowest BCUT2D eigenvalue weighted by Gasteiger charge is -2.30. The Morgan fingerprint density at radius 1 is 1.10 bits per heavy atom. The number of thiazole rings is 1. The van der Waals surface area contributed by atoms with Gasteiger partial charge < -0.3 is 39.8 Å². The number of nitrogens with one attached hydrogen (secondary N) is 4. The summed E-state index contributed by atoms with van der Waals surface area (Å²) in [6, 6.07) is 5.22. The molecule has 0 spiro atoms. The molecule has 1 aromatic carbocycles. The van der Waals surface area contributed by atoms with Gasteiger partial charge in [-0.1, -0.05) is 12.2 Å². The second-order valence-corrected chi connectivity index (χ2v) is 19.8. The molecule has 60 heavy (non-hydrogen) atoms. The molecular formula is C41H53N7O10S2. The number of carbonyl (C=O) groups excluding carboxylic acids is 4. The molecule has 4 amide bonds. The van der Waals surface area contributed by atoms with Crippen LogP contribution in [0.2, 0.25) is 0 Å². The molecule has 3 aromatic rings. The van der Waals surface area contributed by atoms with Crippen molar-refractivity contribution < 1.29 is 46.5 Å². The van der Waals surface area contributed by atoms with Crippen LogP contribution in [0.15, 0.2) is 41.8 Å². The number of pyridine rings is 1. The lowest BCUT2D eigenvalue weighted by molar-refractivity contribution is -0.141. The average Bonchev–Trinajstić information content (AvgIpc) is 4.06. The Morgan fingerprint density at radius 2 is 1.88 bits per heavy atom. The predicted octanol–water partition coefficient (Wildman–Crippen LogP) is 4.28. The van der Waals surface area contributed by atoms with Crippen LogP contribution < -0.4 is 30.1 Å². The fourth-order valence-corrected chi connectivity index (χ4v) is 9.64. The van der Waals surface area contributed by atoms with E-state index in [9.17, 15) is 27.6 Å². The minimum Gasteiger partial charge on any atom is -0.497 e. The number of amides is 4. The number of rotatable bonds is 10. The molecule has 2 aliphatic heterocycles. The van der Waals surface area contributed by atoms with Gasteiger partial charge in [0.1, 0.15) is 40.8 Å². The van der Waals surface area contributed by atoms with Gasteiger partial charge in [-0.2, -0.15) is 0 Å². The van der Waals surface area contributed by atoms with Gasteiger partial charge in [0.15, 0.2) is 5.13 Å². The highest BCUT2D eigenvalue weighted by Crippen LogP contribution is 2.46. The summed E-state index contributed by atoms with van der Waals surface area (Å²) in [4.78, 5) is 67.1. The average molecular weight is 868 g/mol. The van der Waals surface area contributed by atoms with Gasteiger partial charge in [0.25, 0.3) is 5.91 Å². The quantitative estimate of drug-likeness (QED) is 0.210. The van der Waals surface area contributed by atoms with Crippen molar-refractivity contribution in [1.82, 2.24) is 30.2 Å². The van der Waals surface area contributed by atoms with Crippen LogP contribution in [0.1, 0.15) is 73.1 Å². The predicted molar refractivity (Wildman–Crippen MR) is 224 cm³/mol. The highest BCUT2D eigenvalue weighted by atomic mass is 32.2. The van der Waals surface area contributed by atoms with Gasteiger partial charge in [0.05, 0.1) is 31.2 Å². The topological polar surface area (TPSA) is 216 Å². The normalized spacial score (nSPS) is 25.0. The molecule has 324 valence electrons. The molecule has 17 nitrogen and oxygen atoms in total. The fraction of sp³-hybridized carbons (Fsp3) is 0.561. The van der Waals surface area contributed by atoms with E-state index in [0.29, 0.717) is 41.8 Å². The molecule has 2 saturated carbocycles. The summed E-state index contributed by atoms with van der Waals surface area (Å²) >= 11 is 1.44. The number of anilines is 1. The Kier molecular flexibility index (Phi) is 12.3. The van der Waals surface area contributed by atoms with E-state index in [-0.39, 0.29) is 50.9 Å². The highest BCUT2D eigenvalue weighted by Gasteiger charge is 2.62. The van der Waals surface area contributed by atoms with E-state index < -0.39 is 74.3 Å². The van der Waals surface area contributed by atoms with E-state index in [1.165, 1.54) is 16.2 Å². The molecule has 2 aromatic heterocycles. The largest absolute Gasteiger partial charge is 0.497 e. The summed E-state index contributed by atoms with van der Waals surface area (Å²) in [6.45, 7) is 9.52. The lowest BCUT2D eigenvalue weighted by atomic mass is 10.1. The summed E-state index contributed by atoms with van der Waals surface area (Å²) in [5.41, 5.74) is -1.28. The number of aromatic nitrogens is 2. The highest BCUT2D eigenvalue weighted by molar-refractivity contribution is 7.91. The van der Waals surface area contributed by atoms with Crippen molar-refractivity contribution in [1.29, 1.82) is 0 Å². The molecule has 5 atom stereocenters. The molecule has 2 aliphatic carbocycles. The van der Waals surface area contributed by atoms with Gasteiger partial charge in [-0.3, -0.25) is 19.1 Å². The zero-order valence-electron chi connectivity index (χ0n) is 34.6. The van der Waals surface area contributed by atoms with Gasteiger partial charge in [-0.15, -0.1) is 11.3 Å². The molecule has 4 aliphatic rings. The van der Waals surface area contributed by atoms with Gasteiger partial charge >= 0.3 is 6.09 Å². The Hall–Kier alpha value is -5.01. The number of ether oxygens (including phenoxy) is 4. The smallest absolute Gasteiger partial charge is 0.408 e. The van der Waals surface area contributed by atoms with Crippen molar-refractivity contribution in [2.24, 2.45) is 5.92 Å². The fourth-order valence-electron chi connectivity index (χ4n) is 7.42. The molecule has 3 fully saturated rings. The van der Waals surface area contributed by atoms with Crippen LogP contribution in [0, 0.1) is 5.92 Å². The molecule has 7 rings (SSSR count). The first-order valence-electron chi connectivity index (χ1n) is 20.2. The standard InChI is InChI=1S/C41H53N7O10S2/c1-23(2)42-38-44-32(22-59-38)31-18-24-17-26(55-6)11-14-29(24)35(43-31)57-27-19-33-34(49)46-41(37(51)47-60(53,54)28-12-13-28)20-25(41)9-7-15-56-16-8-10-30(36(50)48(33)21-27)45-39(52)58-40(3,4)5/h7,9,11,14,17-18,22-23,25,27-28,30,33H,8,10,12-13,15-16,19-21H2,1-6H3,(H,42,44)(H,45,52)(H,46,49)(H,47,51)/t25-,27?,30+,33+,41-/m1/s1. The molecule has 4 heterocycles. The Morgan fingerprint density at radius 3 is 2.60 bits per heavy atom. The maximum Gasteiger partial charge on any atom is 0.408 e. The third kappa shape index (κ3) is 9.95. The molecule has 0 radical (unpaired) electrons. The van der Waals surface area contributed by atoms with Crippen LogP contribution in [0.25, 0.3) is 22.2 Å². The first kappa shape index (κ1) is 43.1. The van der Waals surface area contributed by atoms with Crippen LogP contribution in [-0.2, 0) is 33.9 Å². The number of methoxy groups -OCH3 is 1. The lowest BCUT2D eigenvalue weighted by Crippen LogP contribution is -2.58. The van der Waals surface area contributed by atoms with Crippen molar-refractivity contribution in [3.63, 3.8) is 0 Å². The number of hydrogen-bond acceptors (Lipinski definition) is 14. The van der Waals surface area contributed by atoms with Crippen LogP contribution in [0.5, 0.6) is 11.6 Å². The van der Waals surface area contributed by atoms with E-state index >= 15 is 0 Å². The number of benzene rings is 1. The summed E-state index contributed by atoms with van der Waals surface area (Å²) in [5, 5.41) is 12.2. The number of alkyl carbamates (subject to hydrolysis) is 1. The van der Waals surface area contributed by atoms with E-state index in [1.54, 1.807) is 46.1 Å². The molecule has 1 saturated heterocycles. The monoisotopic (exact) mass is 867 g/mol. The Balaban J connectivity index is 1.23. The van der Waals surface area contributed by atoms with Crippen molar-refractivity contribution in [2.45, 2.75) is 114 Å². The van der Waals surface area contributed by atoms with Crippen LogP contribution in [0.3, 0.4) is 0 Å². The Labute approximate surface area is 353 Å². The van der Waals surface area contributed by atoms with E-state index in [0.717, 1.165) is 10.5 Å². The maximum absolute atomic E-state index is 14.7. The van der Waals surface area contributed by atoms with Crippen molar-refractivity contribution in [3.8, 4) is 23.0 Å². The van der Waals surface area contributed by atoms with Crippen molar-refractivity contribution in [3.05, 3.63) is 41.8 Å². The maximum atomic E-state index is 14.7. The molecule has 4 N–H and O–H groups in total. The number of sulfonamides is 1. The van der Waals surface area contributed by atoms with Crippen LogP contribution >= 0.6 is 11.3 Å². The summed E-state index contributed by atoms with van der Waals surface area (Å²) in [5.74, 6) is -1.74. The van der Waals surface area contributed by atoms with Crippen LogP contribution in [0.4, 0.5) is 9.93 Å². The van der Waals surface area contributed by atoms with E-state index in [4.69, 9.17) is 28.9 Å². The summed E-state index contributed by atoms with van der Waals surface area (Å²) in [6.07, 6.45) is 3.45. The number of nitrogens with zero attached hydrogens (tertiary/aromatic N) is 3. The van der Waals surface area contributed by atoms with Gasteiger partial charge in [0.2, 0.25) is 27.7 Å². The van der Waals surface area contributed by atoms with Gasteiger partial charge in [0, 0.05) is 35.8 Å². The Bertz CT molecular complexity index is 2270. The minimum absolute atomic E-state index is 0.0128. The molecular weight excluding hydrogens is 815 g/mol. The van der Waals surface area contributed by atoms with Gasteiger partial charge in [-0.05, 0) is 96.4 Å². The SMILES string of the molecule is COc1ccc2c(OC3C[C@H]4C(=O)N[C@]5(C(=O)NS(=O)(=O)C6CC6)C[C@H]5C=CCOCCC[C@H](NC(=O)OC(C)(C)C)C(=O)N4C3)nc(-c3csc(NC(C)C)n3)cc2c1.